The van der Waals surface area contributed by atoms with Crippen LogP contribution in [-0.4, -0.2) is 0 Å². The molecule has 6 heteroatoms. The molecule has 0 saturated heterocycles. The van der Waals surface area contributed by atoms with E-state index in [1.54, 1.807) is 24.3 Å². The third-order valence-corrected chi connectivity index (χ3v) is 1.99. The van der Waals surface area contributed by atoms with Gasteiger partial charge >= 0.3 is 0 Å². The lowest BCUT2D eigenvalue weighted by molar-refractivity contribution is 0.398. The monoisotopic (exact) mass is 208 g/mol. The lowest BCUT2D eigenvalue weighted by Gasteiger charge is -2.18. The van der Waals surface area contributed by atoms with Gasteiger partial charge in [-0.25, -0.2) is 0 Å². The predicted octanol–water partition coefficient (Wildman–Crippen LogP) is 0.737. The van der Waals surface area contributed by atoms with Gasteiger partial charge in [-0.05, 0) is 0 Å². The lowest BCUT2D eigenvalue weighted by atomic mass is 9.73. The fraction of sp³-hybridized carbons (Fsp3) is 0.400. The lowest BCUT2D eigenvalue weighted by Crippen LogP contribution is -2.28. The van der Waals surface area contributed by atoms with Gasteiger partial charge in [0.2, 0.25) is 0 Å². The first kappa shape index (κ1) is 12.9. The standard InChI is InChI=1S/C10H4N6/c11-2-8(3-12)1-10(6-15,7-16)9(4-13)5-14/h8-9H,1H2. The van der Waals surface area contributed by atoms with Crippen LogP contribution >= 0.6 is 0 Å². The molecule has 0 aliphatic rings. The van der Waals surface area contributed by atoms with Gasteiger partial charge in [0, 0.05) is 6.42 Å². The topological polar surface area (TPSA) is 143 Å². The third kappa shape index (κ3) is 2.25. The molecule has 0 aliphatic heterocycles. The van der Waals surface area contributed by atoms with E-state index in [0.717, 1.165) is 0 Å². The Morgan fingerprint density at radius 2 is 1.19 bits per heavy atom. The Labute approximate surface area is 92.4 Å². The van der Waals surface area contributed by atoms with E-state index >= 15 is 0 Å². The summed E-state index contributed by atoms with van der Waals surface area (Å²) in [4.78, 5) is 0. The van der Waals surface area contributed by atoms with E-state index in [0.29, 0.717) is 0 Å². The largest absolute Gasteiger partial charge is 0.197 e. The van der Waals surface area contributed by atoms with E-state index in [1.165, 1.54) is 12.1 Å². The van der Waals surface area contributed by atoms with Gasteiger partial charge in [-0.2, -0.15) is 31.6 Å². The van der Waals surface area contributed by atoms with Gasteiger partial charge in [-0.3, -0.25) is 0 Å². The quantitative estimate of drug-likeness (QED) is 0.668. The second-order valence-corrected chi connectivity index (χ2v) is 2.90. The van der Waals surface area contributed by atoms with Crippen molar-refractivity contribution in [3.63, 3.8) is 0 Å². The summed E-state index contributed by atoms with van der Waals surface area (Å²) < 4.78 is 0. The second kappa shape index (κ2) is 5.62. The highest BCUT2D eigenvalue weighted by Crippen LogP contribution is 2.33. The van der Waals surface area contributed by atoms with Gasteiger partial charge < -0.3 is 0 Å². The summed E-state index contributed by atoms with van der Waals surface area (Å²) in [6.45, 7) is 0. The molecule has 0 atom stereocenters. The molecule has 0 aliphatic carbocycles. The van der Waals surface area contributed by atoms with Crippen LogP contribution in [0.15, 0.2) is 0 Å². The predicted molar refractivity (Wildman–Crippen MR) is 47.7 cm³/mol. The number of nitriles is 6. The summed E-state index contributed by atoms with van der Waals surface area (Å²) in [5.74, 6) is -2.67. The second-order valence-electron chi connectivity index (χ2n) is 2.90. The Kier molecular flexibility index (Phi) is 4.55. The molecule has 0 N–H and O–H groups in total. The van der Waals surface area contributed by atoms with E-state index in [2.05, 4.69) is 0 Å². The summed E-state index contributed by atoms with van der Waals surface area (Å²) >= 11 is 0. The summed E-state index contributed by atoms with van der Waals surface area (Å²) in [7, 11) is 0. The van der Waals surface area contributed by atoms with Crippen molar-refractivity contribution >= 4 is 0 Å². The Hall–Kier alpha value is -3.06. The van der Waals surface area contributed by atoms with Crippen LogP contribution in [0, 0.1) is 85.2 Å². The highest BCUT2D eigenvalue weighted by atomic mass is 14.5. The molecule has 0 radical (unpaired) electrons. The highest BCUT2D eigenvalue weighted by Gasteiger charge is 2.42. The first-order valence-corrected chi connectivity index (χ1v) is 4.05. The summed E-state index contributed by atoms with van der Waals surface area (Å²) in [5, 5.41) is 52.1. The molecule has 16 heavy (non-hydrogen) atoms. The van der Waals surface area contributed by atoms with Crippen LogP contribution in [0.4, 0.5) is 0 Å². The van der Waals surface area contributed by atoms with Crippen LogP contribution in [0.2, 0.25) is 0 Å². The Morgan fingerprint density at radius 3 is 1.44 bits per heavy atom. The average Bonchev–Trinajstić information content (AvgIpc) is 2.35. The molecular weight excluding hydrogens is 204 g/mol. The van der Waals surface area contributed by atoms with Crippen LogP contribution in [0.3, 0.4) is 0 Å². The number of hydrogen-bond donors (Lipinski definition) is 0. The van der Waals surface area contributed by atoms with E-state index in [1.807, 2.05) is 0 Å². The van der Waals surface area contributed by atoms with Crippen LogP contribution in [-0.2, 0) is 0 Å². The molecule has 0 unspecified atom stereocenters. The normalized spacial score (nSPS) is 9.00. The highest BCUT2D eigenvalue weighted by molar-refractivity contribution is 5.28. The SMILES string of the molecule is N#CC(C#N)CC(C#N)(C#N)C(C#N)C#N. The van der Waals surface area contributed by atoms with E-state index in [9.17, 15) is 0 Å². The molecule has 0 rings (SSSR count). The molecule has 74 valence electrons. The molecule has 0 amide bonds. The van der Waals surface area contributed by atoms with Crippen LogP contribution in [0.5, 0.6) is 0 Å². The van der Waals surface area contributed by atoms with Crippen molar-refractivity contribution in [2.24, 2.45) is 17.3 Å². The van der Waals surface area contributed by atoms with Crippen LogP contribution < -0.4 is 0 Å². The van der Waals surface area contributed by atoms with Gasteiger partial charge in [0.15, 0.2) is 11.3 Å². The van der Waals surface area contributed by atoms with Crippen molar-refractivity contribution in [2.45, 2.75) is 6.42 Å². The zero-order valence-electron chi connectivity index (χ0n) is 8.05. The molecule has 0 spiro atoms. The Morgan fingerprint density at radius 1 is 0.750 bits per heavy atom. The maximum absolute atomic E-state index is 8.86. The first-order valence-electron chi connectivity index (χ1n) is 4.05. The molecule has 0 aromatic rings. The zero-order chi connectivity index (χ0) is 12.6. The number of hydrogen-bond acceptors (Lipinski definition) is 6. The molecule has 0 fully saturated rings. The van der Waals surface area contributed by atoms with E-state index in [4.69, 9.17) is 31.6 Å². The van der Waals surface area contributed by atoms with E-state index in [-0.39, 0.29) is 0 Å². The zero-order valence-corrected chi connectivity index (χ0v) is 8.05. The Bertz CT molecular complexity index is 464. The fourth-order valence-electron chi connectivity index (χ4n) is 1.05. The van der Waals surface area contributed by atoms with E-state index < -0.39 is 23.7 Å². The molecule has 0 heterocycles. The van der Waals surface area contributed by atoms with Crippen molar-refractivity contribution in [1.82, 2.24) is 0 Å². The molecular formula is C10H4N6. The van der Waals surface area contributed by atoms with Gasteiger partial charge in [-0.1, -0.05) is 0 Å². The smallest absolute Gasteiger partial charge is 0.174 e. The van der Waals surface area contributed by atoms with Crippen molar-refractivity contribution in [2.75, 3.05) is 0 Å². The van der Waals surface area contributed by atoms with Gasteiger partial charge in [0.25, 0.3) is 0 Å². The van der Waals surface area contributed by atoms with Crippen molar-refractivity contribution in [1.29, 1.82) is 31.6 Å². The minimum atomic E-state index is -1.93. The molecule has 0 bridgehead atoms. The number of nitrogens with zero attached hydrogens (tertiary/aromatic N) is 6. The van der Waals surface area contributed by atoms with Crippen molar-refractivity contribution in [3.05, 3.63) is 0 Å². The van der Waals surface area contributed by atoms with Crippen molar-refractivity contribution < 1.29 is 0 Å². The maximum Gasteiger partial charge on any atom is 0.174 e. The molecule has 6 nitrogen and oxygen atoms in total. The van der Waals surface area contributed by atoms with Gasteiger partial charge in [0.1, 0.15) is 5.92 Å². The third-order valence-electron chi connectivity index (χ3n) is 1.99. The fourth-order valence-corrected chi connectivity index (χ4v) is 1.05. The molecule has 0 aromatic carbocycles. The molecule has 0 saturated carbocycles. The minimum Gasteiger partial charge on any atom is -0.197 e. The van der Waals surface area contributed by atoms with Crippen molar-refractivity contribution in [3.8, 4) is 36.4 Å². The van der Waals surface area contributed by atoms with Crippen LogP contribution in [0.25, 0.3) is 0 Å². The Balaban J connectivity index is 5.38. The average molecular weight is 208 g/mol. The van der Waals surface area contributed by atoms with Gasteiger partial charge in [-0.15, -0.1) is 0 Å². The van der Waals surface area contributed by atoms with Crippen LogP contribution in [0.1, 0.15) is 6.42 Å². The minimum absolute atomic E-state index is 0.432. The first-order chi connectivity index (χ1) is 7.63. The summed E-state index contributed by atoms with van der Waals surface area (Å²) in [6, 6.07) is 9.36. The maximum atomic E-state index is 8.86. The number of rotatable bonds is 3. The summed E-state index contributed by atoms with van der Waals surface area (Å²) in [5.41, 5.74) is -1.93. The van der Waals surface area contributed by atoms with Gasteiger partial charge in [0.05, 0.1) is 36.4 Å². The molecule has 0 aromatic heterocycles. The summed E-state index contributed by atoms with van der Waals surface area (Å²) in [6.07, 6.45) is -0.432.